The van der Waals surface area contributed by atoms with Gasteiger partial charge in [0.15, 0.2) is 11.5 Å². The summed E-state index contributed by atoms with van der Waals surface area (Å²) in [5, 5.41) is 26.1. The average Bonchev–Trinajstić information content (AvgIpc) is 3.37. The second-order valence-electron chi connectivity index (χ2n) is 9.22. The van der Waals surface area contributed by atoms with Gasteiger partial charge in [-0.1, -0.05) is 6.07 Å². The van der Waals surface area contributed by atoms with Gasteiger partial charge in [0.05, 0.1) is 11.0 Å². The van der Waals surface area contributed by atoms with Gasteiger partial charge in [0.2, 0.25) is 0 Å². The number of hydrogen-bond acceptors (Lipinski definition) is 5. The maximum atomic E-state index is 12.2. The van der Waals surface area contributed by atoms with Crippen molar-refractivity contribution >= 4 is 0 Å². The van der Waals surface area contributed by atoms with Gasteiger partial charge in [-0.3, -0.25) is 4.90 Å². The summed E-state index contributed by atoms with van der Waals surface area (Å²) in [7, 11) is 1.99. The van der Waals surface area contributed by atoms with Gasteiger partial charge in [0.25, 0.3) is 0 Å². The van der Waals surface area contributed by atoms with Crippen LogP contribution in [0.1, 0.15) is 43.2 Å². The maximum absolute atomic E-state index is 12.2. The van der Waals surface area contributed by atoms with E-state index >= 15 is 0 Å². The van der Waals surface area contributed by atoms with Crippen LogP contribution in [0.5, 0.6) is 11.5 Å². The Kier molecular flexibility index (Phi) is 2.99. The van der Waals surface area contributed by atoms with Crippen LogP contribution in [0.3, 0.4) is 0 Å². The van der Waals surface area contributed by atoms with Gasteiger partial charge >= 0.3 is 0 Å². The lowest BCUT2D eigenvalue weighted by atomic mass is 9.48. The predicted molar refractivity (Wildman–Crippen MR) is 97.6 cm³/mol. The van der Waals surface area contributed by atoms with Crippen molar-refractivity contribution in [2.24, 2.45) is 5.92 Å². The summed E-state index contributed by atoms with van der Waals surface area (Å²) in [5.41, 5.74) is 1.25. The Morgan fingerprint density at radius 3 is 2.88 bits per heavy atom. The maximum Gasteiger partial charge on any atom is 0.165 e. The molecule has 6 rings (SSSR count). The van der Waals surface area contributed by atoms with Gasteiger partial charge in [0.1, 0.15) is 6.10 Å². The van der Waals surface area contributed by atoms with E-state index < -0.39 is 5.60 Å². The largest absolute Gasteiger partial charge is 0.504 e. The highest BCUT2D eigenvalue weighted by Crippen LogP contribution is 2.65. The Labute approximate surface area is 154 Å². The highest BCUT2D eigenvalue weighted by molar-refractivity contribution is 5.62. The van der Waals surface area contributed by atoms with E-state index in [0.29, 0.717) is 5.75 Å². The smallest absolute Gasteiger partial charge is 0.165 e. The molecule has 0 amide bonds. The third kappa shape index (κ3) is 1.68. The number of hydrogen-bond donors (Lipinski definition) is 3. The SMILES string of the molecule is CN[C@@H]1CC[C@]2(O)C3Cc4ccc(O)c5c4[C@]2(CCN3CC2CC2)[C@@H]1O5. The lowest BCUT2D eigenvalue weighted by molar-refractivity contribution is -0.191. The lowest BCUT2D eigenvalue weighted by Gasteiger charge is -2.64. The van der Waals surface area contributed by atoms with Crippen LogP contribution in [0, 0.1) is 5.92 Å². The first kappa shape index (κ1) is 15.7. The summed E-state index contributed by atoms with van der Waals surface area (Å²) in [6.07, 6.45) is 6.09. The van der Waals surface area contributed by atoms with Crippen molar-refractivity contribution in [3.05, 3.63) is 23.3 Å². The number of phenolic OH excluding ortho intramolecular Hbond substituents is 1. The van der Waals surface area contributed by atoms with Crippen molar-refractivity contribution in [1.29, 1.82) is 0 Å². The Hall–Kier alpha value is -1.30. The zero-order valence-corrected chi connectivity index (χ0v) is 15.4. The standard InChI is InChI=1S/C21H28N2O3/c1-22-14-6-7-21(25)16-10-13-4-5-15(24)18-17(13)20(21,19(14)26-18)8-9-23(16)11-12-2-3-12/h4-5,12,14,16,19,22,24-25H,2-3,6-11H2,1H3/t14-,16?,19-,20-,21+/m1/s1. The van der Waals surface area contributed by atoms with E-state index in [-0.39, 0.29) is 29.4 Å². The average molecular weight is 356 g/mol. The van der Waals surface area contributed by atoms with Gasteiger partial charge in [-0.15, -0.1) is 0 Å². The molecule has 2 saturated carbocycles. The van der Waals surface area contributed by atoms with E-state index in [2.05, 4.69) is 16.3 Å². The summed E-state index contributed by atoms with van der Waals surface area (Å²) >= 11 is 0. The number of ether oxygens (including phenoxy) is 1. The molecule has 2 heterocycles. The summed E-state index contributed by atoms with van der Waals surface area (Å²) in [5.74, 6) is 1.69. The molecule has 1 saturated heterocycles. The fraction of sp³-hybridized carbons (Fsp3) is 0.714. The van der Waals surface area contributed by atoms with Gasteiger partial charge in [0, 0.05) is 24.2 Å². The molecule has 0 aromatic heterocycles. The number of nitrogens with zero attached hydrogens (tertiary/aromatic N) is 1. The van der Waals surface area contributed by atoms with E-state index in [4.69, 9.17) is 4.74 Å². The number of likely N-dealkylation sites (N-methyl/N-ethyl adjacent to an activating group) is 1. The molecule has 5 heteroatoms. The van der Waals surface area contributed by atoms with Crippen molar-refractivity contribution in [2.45, 2.75) is 67.7 Å². The van der Waals surface area contributed by atoms with Crippen molar-refractivity contribution in [3.8, 4) is 11.5 Å². The van der Waals surface area contributed by atoms with Gasteiger partial charge in [-0.2, -0.15) is 0 Å². The highest BCUT2D eigenvalue weighted by atomic mass is 16.5. The first-order valence-electron chi connectivity index (χ1n) is 10.2. The minimum Gasteiger partial charge on any atom is -0.504 e. The fourth-order valence-electron chi connectivity index (χ4n) is 6.78. The number of benzene rings is 1. The fourth-order valence-corrected chi connectivity index (χ4v) is 6.78. The lowest BCUT2D eigenvalue weighted by Crippen LogP contribution is -2.78. The third-order valence-electron chi connectivity index (χ3n) is 8.13. The minimum atomic E-state index is -0.760. The summed E-state index contributed by atoms with van der Waals surface area (Å²) in [6, 6.07) is 4.23. The molecular formula is C21H28N2O3. The topological polar surface area (TPSA) is 65.0 Å². The molecule has 5 nitrogen and oxygen atoms in total. The molecule has 2 aliphatic heterocycles. The number of aromatic hydroxyl groups is 1. The molecule has 1 unspecified atom stereocenters. The van der Waals surface area contributed by atoms with E-state index in [1.54, 1.807) is 6.07 Å². The zero-order chi connectivity index (χ0) is 17.7. The number of rotatable bonds is 3. The molecule has 1 spiro atoms. The molecule has 1 aromatic rings. The van der Waals surface area contributed by atoms with E-state index in [1.807, 2.05) is 7.05 Å². The van der Waals surface area contributed by atoms with Crippen LogP contribution in [0.25, 0.3) is 0 Å². The molecule has 0 radical (unpaired) electrons. The van der Waals surface area contributed by atoms with Crippen molar-refractivity contribution < 1.29 is 14.9 Å². The number of phenols is 1. The van der Waals surface area contributed by atoms with E-state index in [9.17, 15) is 10.2 Å². The van der Waals surface area contributed by atoms with Crippen LogP contribution in [0.4, 0.5) is 0 Å². The molecule has 5 atom stereocenters. The molecule has 140 valence electrons. The van der Waals surface area contributed by atoms with E-state index in [1.165, 1.54) is 18.4 Å². The van der Waals surface area contributed by atoms with Gasteiger partial charge in [-0.25, -0.2) is 0 Å². The molecule has 3 aliphatic carbocycles. The van der Waals surface area contributed by atoms with Crippen LogP contribution >= 0.6 is 0 Å². The third-order valence-corrected chi connectivity index (χ3v) is 8.13. The number of likely N-dealkylation sites (tertiary alicyclic amines) is 1. The quantitative estimate of drug-likeness (QED) is 0.767. The van der Waals surface area contributed by atoms with Crippen LogP contribution in [0.15, 0.2) is 12.1 Å². The normalized spacial score (nSPS) is 43.1. The second-order valence-corrected chi connectivity index (χ2v) is 9.22. The van der Waals surface area contributed by atoms with Crippen LogP contribution in [0.2, 0.25) is 0 Å². The molecule has 3 N–H and O–H groups in total. The van der Waals surface area contributed by atoms with Gasteiger partial charge < -0.3 is 20.3 Å². The van der Waals surface area contributed by atoms with E-state index in [0.717, 1.165) is 50.3 Å². The molecule has 2 bridgehead atoms. The van der Waals surface area contributed by atoms with Crippen LogP contribution in [-0.4, -0.2) is 59.0 Å². The molecule has 5 aliphatic rings. The van der Waals surface area contributed by atoms with Gasteiger partial charge in [-0.05, 0) is 69.7 Å². The molecule has 26 heavy (non-hydrogen) atoms. The Morgan fingerprint density at radius 1 is 1.27 bits per heavy atom. The second kappa shape index (κ2) is 4.94. The number of aliphatic hydroxyl groups is 1. The predicted octanol–water partition coefficient (Wildman–Crippen LogP) is 1.54. The first-order chi connectivity index (χ1) is 12.6. The van der Waals surface area contributed by atoms with Crippen LogP contribution in [-0.2, 0) is 11.8 Å². The number of piperidine rings is 1. The monoisotopic (exact) mass is 356 g/mol. The Balaban J connectivity index is 1.55. The summed E-state index contributed by atoms with van der Waals surface area (Å²) < 4.78 is 6.42. The Morgan fingerprint density at radius 2 is 2.12 bits per heavy atom. The van der Waals surface area contributed by atoms with Crippen molar-refractivity contribution in [2.75, 3.05) is 20.1 Å². The molecule has 1 aromatic carbocycles. The minimum absolute atomic E-state index is 0.0980. The number of nitrogens with one attached hydrogen (secondary N) is 1. The summed E-state index contributed by atoms with van der Waals surface area (Å²) in [4.78, 5) is 2.58. The Bertz CT molecular complexity index is 779. The first-order valence-corrected chi connectivity index (χ1v) is 10.2. The van der Waals surface area contributed by atoms with Crippen molar-refractivity contribution in [3.63, 3.8) is 0 Å². The summed E-state index contributed by atoms with van der Waals surface area (Å²) in [6.45, 7) is 2.15. The van der Waals surface area contributed by atoms with Crippen LogP contribution < -0.4 is 10.1 Å². The molecular weight excluding hydrogens is 328 g/mol. The zero-order valence-electron chi connectivity index (χ0n) is 15.4. The van der Waals surface area contributed by atoms with Crippen molar-refractivity contribution in [1.82, 2.24) is 10.2 Å². The molecule has 3 fully saturated rings. The highest BCUT2D eigenvalue weighted by Gasteiger charge is 2.72.